The van der Waals surface area contributed by atoms with Gasteiger partial charge in [0.25, 0.3) is 0 Å². The Balaban J connectivity index is 1.98. The molecule has 0 radical (unpaired) electrons. The summed E-state index contributed by atoms with van der Waals surface area (Å²) in [5.74, 6) is 0. The first-order valence-corrected chi connectivity index (χ1v) is 11.6. The molecule has 0 unspecified atom stereocenters. The minimum Gasteiger partial charge on any atom is -0.0608 e. The highest BCUT2D eigenvalue weighted by molar-refractivity contribution is 14.1. The lowest BCUT2D eigenvalue weighted by molar-refractivity contribution is 0.766. The third kappa shape index (κ3) is 2.83. The molecule has 0 spiro atoms. The van der Waals surface area contributed by atoms with E-state index in [1.54, 1.807) is 0 Å². The second kappa shape index (κ2) is 7.10. The third-order valence-electron chi connectivity index (χ3n) is 6.04. The van der Waals surface area contributed by atoms with Crippen molar-refractivity contribution in [2.24, 2.45) is 0 Å². The van der Waals surface area contributed by atoms with Gasteiger partial charge in [0.05, 0.1) is 5.41 Å². The van der Waals surface area contributed by atoms with E-state index >= 15 is 0 Å². The Labute approximate surface area is 194 Å². The fourth-order valence-electron chi connectivity index (χ4n) is 4.70. The summed E-state index contributed by atoms with van der Waals surface area (Å²) in [6.45, 7) is 4.30. The molecular formula is C27H20BrI. The van der Waals surface area contributed by atoms with Crippen LogP contribution < -0.4 is 0 Å². The van der Waals surface area contributed by atoms with Gasteiger partial charge in [-0.2, -0.15) is 0 Å². The van der Waals surface area contributed by atoms with E-state index in [1.807, 2.05) is 0 Å². The summed E-state index contributed by atoms with van der Waals surface area (Å²) < 4.78 is 2.41. The Morgan fingerprint density at radius 3 is 1.86 bits per heavy atom. The van der Waals surface area contributed by atoms with Crippen molar-refractivity contribution >= 4 is 38.5 Å². The first-order valence-electron chi connectivity index (χ1n) is 9.75. The van der Waals surface area contributed by atoms with Gasteiger partial charge in [0, 0.05) is 13.6 Å². The van der Waals surface area contributed by atoms with E-state index in [9.17, 15) is 0 Å². The average molecular weight is 551 g/mol. The molecular weight excluding hydrogens is 531 g/mol. The van der Waals surface area contributed by atoms with Crippen LogP contribution in [0, 0.1) is 17.4 Å². The maximum absolute atomic E-state index is 3.85. The van der Waals surface area contributed by atoms with Crippen molar-refractivity contribution in [1.82, 2.24) is 0 Å². The lowest BCUT2D eigenvalue weighted by Crippen LogP contribution is -2.28. The number of aryl methyl sites for hydroxylation is 2. The van der Waals surface area contributed by atoms with Gasteiger partial charge >= 0.3 is 0 Å². The van der Waals surface area contributed by atoms with Gasteiger partial charge in [-0.25, -0.2) is 0 Å². The zero-order valence-corrected chi connectivity index (χ0v) is 20.1. The molecule has 0 amide bonds. The van der Waals surface area contributed by atoms with Crippen LogP contribution in [0.25, 0.3) is 11.1 Å². The maximum Gasteiger partial charge on any atom is 0.0714 e. The summed E-state index contributed by atoms with van der Waals surface area (Å²) in [5, 5.41) is 0. The number of hydrogen-bond donors (Lipinski definition) is 0. The van der Waals surface area contributed by atoms with Gasteiger partial charge in [0.2, 0.25) is 0 Å². The fraction of sp³-hybridized carbons (Fsp3) is 0.111. The van der Waals surface area contributed by atoms with E-state index in [4.69, 9.17) is 0 Å². The smallest absolute Gasteiger partial charge is 0.0608 e. The van der Waals surface area contributed by atoms with Crippen molar-refractivity contribution < 1.29 is 0 Å². The topological polar surface area (TPSA) is 0 Å². The lowest BCUT2D eigenvalue weighted by Gasteiger charge is -2.34. The summed E-state index contributed by atoms with van der Waals surface area (Å²) in [6, 6.07) is 31.6. The summed E-state index contributed by atoms with van der Waals surface area (Å²) in [5.41, 5.74) is 10.2. The molecule has 0 heterocycles. The summed E-state index contributed by atoms with van der Waals surface area (Å²) in [4.78, 5) is 0. The van der Waals surface area contributed by atoms with Gasteiger partial charge in [-0.1, -0.05) is 93.8 Å². The average Bonchev–Trinajstić information content (AvgIpc) is 3.01. The van der Waals surface area contributed by atoms with Crippen molar-refractivity contribution in [3.05, 3.63) is 126 Å². The van der Waals surface area contributed by atoms with Crippen LogP contribution in [0.1, 0.15) is 33.4 Å². The Morgan fingerprint density at radius 2 is 1.28 bits per heavy atom. The summed E-state index contributed by atoms with van der Waals surface area (Å²) in [6.07, 6.45) is 0. The Morgan fingerprint density at radius 1 is 0.690 bits per heavy atom. The molecule has 0 aliphatic heterocycles. The van der Waals surface area contributed by atoms with Gasteiger partial charge < -0.3 is 0 Å². The van der Waals surface area contributed by atoms with Crippen LogP contribution in [0.5, 0.6) is 0 Å². The molecule has 0 saturated carbocycles. The number of fused-ring (bicyclic) bond motifs is 3. The van der Waals surface area contributed by atoms with E-state index in [2.05, 4.69) is 137 Å². The number of rotatable bonds is 2. The number of hydrogen-bond acceptors (Lipinski definition) is 0. The molecule has 1 aliphatic carbocycles. The Bertz CT molecular complexity index is 1180. The molecule has 29 heavy (non-hydrogen) atoms. The molecule has 0 aromatic heterocycles. The Kier molecular flexibility index (Phi) is 4.67. The minimum absolute atomic E-state index is 0.322. The molecule has 0 saturated heterocycles. The van der Waals surface area contributed by atoms with Crippen molar-refractivity contribution in [2.45, 2.75) is 19.3 Å². The molecule has 4 aromatic carbocycles. The second-order valence-electron chi connectivity index (χ2n) is 7.83. The van der Waals surface area contributed by atoms with Crippen LogP contribution in [-0.2, 0) is 5.41 Å². The zero-order valence-electron chi connectivity index (χ0n) is 16.3. The Hall–Kier alpha value is -1.91. The SMILES string of the molecule is Cc1ccc(C2(c3ccc(C)cc3)c3cc(I)ccc3-c3c(Br)cccc32)cc1. The normalized spacial score (nSPS) is 13.8. The number of benzene rings is 4. The van der Waals surface area contributed by atoms with Crippen molar-refractivity contribution in [1.29, 1.82) is 0 Å². The van der Waals surface area contributed by atoms with Crippen molar-refractivity contribution in [3.63, 3.8) is 0 Å². The molecule has 1 aliphatic rings. The standard InChI is InChI=1S/C27H20BrI/c1-17-6-10-19(11-7-17)27(20-12-8-18(2)9-13-20)23-4-3-5-25(28)26(23)22-15-14-21(29)16-24(22)27/h3-16H,1-2H3. The summed E-state index contributed by atoms with van der Waals surface area (Å²) >= 11 is 6.29. The fourth-order valence-corrected chi connectivity index (χ4v) is 5.77. The third-order valence-corrected chi connectivity index (χ3v) is 7.37. The van der Waals surface area contributed by atoms with Gasteiger partial charge in [-0.05, 0) is 82.5 Å². The van der Waals surface area contributed by atoms with Crippen molar-refractivity contribution in [3.8, 4) is 11.1 Å². The second-order valence-corrected chi connectivity index (χ2v) is 9.93. The molecule has 142 valence electrons. The van der Waals surface area contributed by atoms with Crippen LogP contribution >= 0.6 is 38.5 Å². The van der Waals surface area contributed by atoms with Crippen LogP contribution in [-0.4, -0.2) is 0 Å². The highest BCUT2D eigenvalue weighted by atomic mass is 127. The highest BCUT2D eigenvalue weighted by Crippen LogP contribution is 2.57. The molecule has 0 N–H and O–H groups in total. The maximum atomic E-state index is 3.85. The van der Waals surface area contributed by atoms with Gasteiger partial charge in [-0.15, -0.1) is 0 Å². The molecule has 0 atom stereocenters. The van der Waals surface area contributed by atoms with E-state index in [-0.39, 0.29) is 5.41 Å². The highest BCUT2D eigenvalue weighted by Gasteiger charge is 2.46. The van der Waals surface area contributed by atoms with E-state index in [0.717, 1.165) is 4.47 Å². The molecule has 0 nitrogen and oxygen atoms in total. The van der Waals surface area contributed by atoms with Crippen LogP contribution in [0.4, 0.5) is 0 Å². The number of halogens is 2. The van der Waals surface area contributed by atoms with E-state index in [0.29, 0.717) is 0 Å². The first-order chi connectivity index (χ1) is 14.0. The predicted octanol–water partition coefficient (Wildman–Crippen LogP) is 8.03. The van der Waals surface area contributed by atoms with Gasteiger partial charge in [-0.3, -0.25) is 0 Å². The zero-order chi connectivity index (χ0) is 20.2. The van der Waals surface area contributed by atoms with Gasteiger partial charge in [0.15, 0.2) is 0 Å². The lowest BCUT2D eigenvalue weighted by atomic mass is 9.67. The monoisotopic (exact) mass is 550 g/mol. The van der Waals surface area contributed by atoms with E-state index in [1.165, 1.54) is 48.1 Å². The van der Waals surface area contributed by atoms with E-state index < -0.39 is 0 Å². The predicted molar refractivity (Wildman–Crippen MR) is 134 cm³/mol. The quantitative estimate of drug-likeness (QED) is 0.195. The molecule has 5 rings (SSSR count). The minimum atomic E-state index is -0.322. The summed E-state index contributed by atoms with van der Waals surface area (Å²) in [7, 11) is 0. The largest absolute Gasteiger partial charge is 0.0714 e. The molecule has 0 fully saturated rings. The van der Waals surface area contributed by atoms with Crippen LogP contribution in [0.15, 0.2) is 89.4 Å². The first kappa shape index (κ1) is 19.1. The van der Waals surface area contributed by atoms with Crippen LogP contribution in [0.3, 0.4) is 0 Å². The van der Waals surface area contributed by atoms with Crippen LogP contribution in [0.2, 0.25) is 0 Å². The molecule has 4 aromatic rings. The molecule has 2 heteroatoms. The van der Waals surface area contributed by atoms with Crippen molar-refractivity contribution in [2.75, 3.05) is 0 Å². The molecule has 0 bridgehead atoms. The van der Waals surface area contributed by atoms with Gasteiger partial charge in [0.1, 0.15) is 0 Å².